The molecule has 1 rings (SSSR count). The number of aliphatic hydroxyl groups excluding tert-OH is 1. The molecule has 0 aliphatic rings. The summed E-state index contributed by atoms with van der Waals surface area (Å²) < 4.78 is 0. The largest absolute Gasteiger partial charge is 0.504 e. The van der Waals surface area contributed by atoms with Gasteiger partial charge in [-0.25, -0.2) is 0 Å². The van der Waals surface area contributed by atoms with E-state index >= 15 is 0 Å². The maximum absolute atomic E-state index is 9.98. The van der Waals surface area contributed by atoms with Crippen molar-refractivity contribution in [2.75, 3.05) is 0 Å². The molecular weight excluding hydrogens is 152 g/mol. The van der Waals surface area contributed by atoms with Gasteiger partial charge in [0.1, 0.15) is 0 Å². The molecule has 1 aromatic rings. The molecule has 12 heavy (non-hydrogen) atoms. The van der Waals surface area contributed by atoms with Crippen LogP contribution in [0.1, 0.15) is 11.1 Å². The Bertz CT molecular complexity index is 313. The van der Waals surface area contributed by atoms with E-state index in [2.05, 4.69) is 0 Å². The van der Waals surface area contributed by atoms with Crippen LogP contribution in [-0.4, -0.2) is 11.4 Å². The molecule has 0 fully saturated rings. The molecule has 0 aromatic heterocycles. The topological polar surface area (TPSA) is 37.3 Å². The predicted molar refractivity (Wildman–Crippen MR) is 47.5 cm³/mol. The molecule has 0 bridgehead atoms. The van der Waals surface area contributed by atoms with Gasteiger partial charge < -0.3 is 5.11 Å². The number of rotatable bonds is 2. The van der Waals surface area contributed by atoms with Crippen LogP contribution in [0, 0.1) is 6.92 Å². The first-order valence-corrected chi connectivity index (χ1v) is 3.58. The van der Waals surface area contributed by atoms with Gasteiger partial charge in [0.25, 0.3) is 6.29 Å². The van der Waals surface area contributed by atoms with E-state index in [9.17, 15) is 4.79 Å². The lowest BCUT2D eigenvalue weighted by molar-refractivity contribution is 0.432. The van der Waals surface area contributed by atoms with Crippen LogP contribution in [0.3, 0.4) is 0 Å². The third kappa shape index (κ3) is 1.95. The number of hydrogen-bond donors (Lipinski definition) is 1. The molecule has 0 saturated heterocycles. The summed E-state index contributed by atoms with van der Waals surface area (Å²) in [5.74, 6) is -0.371. The van der Waals surface area contributed by atoms with Crippen LogP contribution >= 0.6 is 0 Å². The molecule has 0 aliphatic carbocycles. The van der Waals surface area contributed by atoms with Crippen molar-refractivity contribution in [2.45, 2.75) is 6.92 Å². The molecule has 1 N–H and O–H groups in total. The first-order chi connectivity index (χ1) is 5.74. The molecule has 61 valence electrons. The highest BCUT2D eigenvalue weighted by Gasteiger charge is 1.95. The number of aryl methyl sites for hydroxylation is 1. The lowest BCUT2D eigenvalue weighted by Crippen LogP contribution is -1.84. The van der Waals surface area contributed by atoms with Crippen LogP contribution in [0.5, 0.6) is 0 Å². The maximum atomic E-state index is 9.98. The zero-order valence-electron chi connectivity index (χ0n) is 6.74. The second kappa shape index (κ2) is 3.72. The van der Waals surface area contributed by atoms with Crippen molar-refractivity contribution in [1.82, 2.24) is 0 Å². The minimum Gasteiger partial charge on any atom is -0.504 e. The van der Waals surface area contributed by atoms with Gasteiger partial charge in [0, 0.05) is 0 Å². The van der Waals surface area contributed by atoms with Gasteiger partial charge in [-0.15, -0.1) is 0 Å². The van der Waals surface area contributed by atoms with Crippen molar-refractivity contribution >= 4 is 12.4 Å². The van der Waals surface area contributed by atoms with Crippen molar-refractivity contribution in [2.24, 2.45) is 0 Å². The average molecular weight is 161 g/mol. The fraction of sp³-hybridized carbons (Fsp3) is 0.100. The van der Waals surface area contributed by atoms with Gasteiger partial charge in [-0.05, 0) is 24.1 Å². The molecule has 2 nitrogen and oxygen atoms in total. The van der Waals surface area contributed by atoms with Crippen LogP contribution in [0.4, 0.5) is 0 Å². The highest BCUT2D eigenvalue weighted by Crippen LogP contribution is 2.09. The summed E-state index contributed by atoms with van der Waals surface area (Å²) in [7, 11) is 0. The van der Waals surface area contributed by atoms with Gasteiger partial charge in [0.05, 0.1) is 0 Å². The van der Waals surface area contributed by atoms with E-state index in [-0.39, 0.29) is 5.76 Å². The van der Waals surface area contributed by atoms with E-state index < -0.39 is 0 Å². The molecule has 1 radical (unpaired) electrons. The third-order valence-corrected chi connectivity index (χ3v) is 1.59. The van der Waals surface area contributed by atoms with E-state index in [1.54, 1.807) is 0 Å². The van der Waals surface area contributed by atoms with Gasteiger partial charge in [0.2, 0.25) is 0 Å². The normalized spacial score (nSPS) is 11.2. The number of benzene rings is 1. The van der Waals surface area contributed by atoms with Crippen LogP contribution in [0.25, 0.3) is 6.08 Å². The summed E-state index contributed by atoms with van der Waals surface area (Å²) >= 11 is 0. The molecule has 0 spiro atoms. The molecule has 0 saturated carbocycles. The van der Waals surface area contributed by atoms with Crippen molar-refractivity contribution in [3.63, 3.8) is 0 Å². The smallest absolute Gasteiger partial charge is 0.271 e. The second-order valence-electron chi connectivity index (χ2n) is 2.49. The Labute approximate surface area is 71.2 Å². The lowest BCUT2D eigenvalue weighted by atomic mass is 10.1. The molecule has 0 amide bonds. The fourth-order valence-corrected chi connectivity index (χ4v) is 0.925. The predicted octanol–water partition coefficient (Wildman–Crippen LogP) is 2.00. The Kier molecular flexibility index (Phi) is 2.64. The summed E-state index contributed by atoms with van der Waals surface area (Å²) in [4.78, 5) is 9.98. The van der Waals surface area contributed by atoms with E-state index in [0.717, 1.165) is 11.1 Å². The minimum atomic E-state index is -0.371. The first-order valence-electron chi connectivity index (χ1n) is 3.58. The number of aliphatic hydroxyl groups is 1. The lowest BCUT2D eigenvalue weighted by Gasteiger charge is -1.97. The summed E-state index contributed by atoms with van der Waals surface area (Å²) in [5.41, 5.74) is 1.85. The average Bonchev–Trinajstić information content (AvgIpc) is 2.09. The van der Waals surface area contributed by atoms with Crippen LogP contribution in [0.15, 0.2) is 30.0 Å². The standard InChI is InChI=1S/C10H9O2/c1-8-4-2-3-5-9(8)6-10(12)7-11/h2-6,12H,1H3. The van der Waals surface area contributed by atoms with Gasteiger partial charge in [-0.1, -0.05) is 24.3 Å². The zero-order chi connectivity index (χ0) is 8.97. The molecule has 0 heterocycles. The summed E-state index contributed by atoms with van der Waals surface area (Å²) in [6.07, 6.45) is 2.80. The quantitative estimate of drug-likeness (QED) is 0.532. The number of carbonyl (C=O) groups excluding carboxylic acids is 1. The summed E-state index contributed by atoms with van der Waals surface area (Å²) in [6, 6.07) is 7.47. The molecule has 0 aliphatic heterocycles. The van der Waals surface area contributed by atoms with E-state index in [1.165, 1.54) is 12.4 Å². The Morgan fingerprint density at radius 1 is 1.50 bits per heavy atom. The monoisotopic (exact) mass is 161 g/mol. The van der Waals surface area contributed by atoms with Crippen molar-refractivity contribution in [1.29, 1.82) is 0 Å². The number of allylic oxidation sites excluding steroid dienone is 1. The highest BCUT2D eigenvalue weighted by molar-refractivity contribution is 5.79. The molecule has 2 heteroatoms. The van der Waals surface area contributed by atoms with Crippen molar-refractivity contribution in [3.05, 3.63) is 41.2 Å². The summed E-state index contributed by atoms with van der Waals surface area (Å²) in [6.45, 7) is 1.91. The minimum absolute atomic E-state index is 0.371. The van der Waals surface area contributed by atoms with E-state index in [4.69, 9.17) is 5.11 Å². The van der Waals surface area contributed by atoms with E-state index in [1.807, 2.05) is 31.2 Å². The highest BCUT2D eigenvalue weighted by atomic mass is 16.3. The molecule has 0 atom stereocenters. The zero-order valence-corrected chi connectivity index (χ0v) is 6.74. The van der Waals surface area contributed by atoms with Gasteiger partial charge in [0.15, 0.2) is 5.76 Å². The van der Waals surface area contributed by atoms with Crippen LogP contribution in [0.2, 0.25) is 0 Å². The summed E-state index contributed by atoms with van der Waals surface area (Å²) in [5, 5.41) is 8.87. The first kappa shape index (κ1) is 8.53. The Hall–Kier alpha value is -1.57. The van der Waals surface area contributed by atoms with Gasteiger partial charge >= 0.3 is 0 Å². The maximum Gasteiger partial charge on any atom is 0.271 e. The van der Waals surface area contributed by atoms with E-state index in [0.29, 0.717) is 0 Å². The molecule has 1 aromatic carbocycles. The molecule has 0 unspecified atom stereocenters. The Balaban J connectivity index is 3.04. The molecular formula is C10H9O2. The van der Waals surface area contributed by atoms with Crippen LogP contribution in [-0.2, 0) is 4.79 Å². The Morgan fingerprint density at radius 3 is 2.75 bits per heavy atom. The Morgan fingerprint density at radius 2 is 2.17 bits per heavy atom. The van der Waals surface area contributed by atoms with Crippen molar-refractivity contribution in [3.8, 4) is 0 Å². The second-order valence-corrected chi connectivity index (χ2v) is 2.49. The third-order valence-electron chi connectivity index (χ3n) is 1.59. The number of hydrogen-bond acceptors (Lipinski definition) is 2. The van der Waals surface area contributed by atoms with Gasteiger partial charge in [-0.2, -0.15) is 0 Å². The van der Waals surface area contributed by atoms with Gasteiger partial charge in [-0.3, -0.25) is 4.79 Å². The van der Waals surface area contributed by atoms with Crippen molar-refractivity contribution < 1.29 is 9.90 Å². The SMILES string of the molecule is Cc1ccccc1C=C(O)[C]=O. The van der Waals surface area contributed by atoms with Crippen LogP contribution < -0.4 is 0 Å². The fourth-order valence-electron chi connectivity index (χ4n) is 0.925.